The number of benzene rings is 2. The minimum Gasteiger partial charge on any atom is -0.331 e. The zero-order chi connectivity index (χ0) is 21.1. The zero-order valence-electron chi connectivity index (χ0n) is 15.5. The van der Waals surface area contributed by atoms with Crippen molar-refractivity contribution in [3.8, 4) is 0 Å². The molecule has 2 amide bonds. The lowest BCUT2D eigenvalue weighted by molar-refractivity contribution is -0.384. The first kappa shape index (κ1) is 21.2. The fourth-order valence-corrected chi connectivity index (χ4v) is 2.65. The molecule has 0 spiro atoms. The van der Waals surface area contributed by atoms with Gasteiger partial charge in [0.15, 0.2) is 0 Å². The lowest BCUT2D eigenvalue weighted by Gasteiger charge is -2.27. The molecule has 0 fully saturated rings. The minimum absolute atomic E-state index is 0.0875. The Kier molecular flexibility index (Phi) is 6.27. The third kappa shape index (κ3) is 4.99. The number of carbonyl (C=O) groups excluding carboxylic acids is 1. The summed E-state index contributed by atoms with van der Waals surface area (Å²) in [5.74, 6) is 0. The van der Waals surface area contributed by atoms with E-state index in [2.05, 4.69) is 5.32 Å². The van der Waals surface area contributed by atoms with Crippen LogP contribution < -0.4 is 5.32 Å². The van der Waals surface area contributed by atoms with Crippen molar-refractivity contribution in [2.75, 3.05) is 7.05 Å². The Morgan fingerprint density at radius 3 is 2.32 bits per heavy atom. The fourth-order valence-electron chi connectivity index (χ4n) is 2.65. The number of hydrogen-bond donors (Lipinski definition) is 1. The monoisotopic (exact) mass is 395 g/mol. The molecule has 0 bridgehead atoms. The number of non-ortho nitro benzene ring substituents is 1. The largest absolute Gasteiger partial charge is 0.416 e. The summed E-state index contributed by atoms with van der Waals surface area (Å²) < 4.78 is 38.6. The number of carbonyl (C=O) groups is 1. The third-order valence-electron chi connectivity index (χ3n) is 4.52. The van der Waals surface area contributed by atoms with Crippen molar-refractivity contribution in [3.05, 3.63) is 75.3 Å². The highest BCUT2D eigenvalue weighted by atomic mass is 19.4. The molecule has 1 N–H and O–H groups in total. The maximum atomic E-state index is 12.9. The Bertz CT molecular complexity index is 871. The van der Waals surface area contributed by atoms with Gasteiger partial charge in [-0.2, -0.15) is 13.2 Å². The molecular weight excluding hydrogens is 375 g/mol. The predicted molar refractivity (Wildman–Crippen MR) is 97.7 cm³/mol. The average molecular weight is 395 g/mol. The van der Waals surface area contributed by atoms with Crippen LogP contribution in [0.3, 0.4) is 0 Å². The summed E-state index contributed by atoms with van der Waals surface area (Å²) in [7, 11) is 1.51. The maximum Gasteiger partial charge on any atom is 0.416 e. The van der Waals surface area contributed by atoms with E-state index in [4.69, 9.17) is 0 Å². The van der Waals surface area contributed by atoms with Crippen LogP contribution in [0.4, 0.5) is 23.7 Å². The highest BCUT2D eigenvalue weighted by molar-refractivity contribution is 5.75. The second-order valence-electron chi connectivity index (χ2n) is 6.43. The van der Waals surface area contributed by atoms with Gasteiger partial charge in [-0.3, -0.25) is 10.1 Å². The molecule has 0 aliphatic carbocycles. The Morgan fingerprint density at radius 1 is 1.11 bits per heavy atom. The smallest absolute Gasteiger partial charge is 0.331 e. The summed E-state index contributed by atoms with van der Waals surface area (Å²) in [6, 6.07) is 9.03. The molecule has 9 heteroatoms. The highest BCUT2D eigenvalue weighted by Gasteiger charge is 2.31. The summed E-state index contributed by atoms with van der Waals surface area (Å²) in [6.45, 7) is 3.28. The van der Waals surface area contributed by atoms with E-state index in [-0.39, 0.29) is 5.69 Å². The Labute approximate surface area is 160 Å². The van der Waals surface area contributed by atoms with Crippen LogP contribution in [-0.2, 0) is 6.18 Å². The minimum atomic E-state index is -4.47. The van der Waals surface area contributed by atoms with Crippen LogP contribution in [0.1, 0.15) is 42.6 Å². The van der Waals surface area contributed by atoms with E-state index >= 15 is 0 Å². The molecule has 0 aromatic heterocycles. The number of nitro groups is 1. The first-order valence-corrected chi connectivity index (χ1v) is 8.45. The number of amides is 2. The predicted octanol–water partition coefficient (Wildman–Crippen LogP) is 5.08. The van der Waals surface area contributed by atoms with E-state index in [0.717, 1.165) is 12.1 Å². The first-order valence-electron chi connectivity index (χ1n) is 8.45. The van der Waals surface area contributed by atoms with Crippen molar-refractivity contribution in [1.29, 1.82) is 0 Å². The third-order valence-corrected chi connectivity index (χ3v) is 4.52. The van der Waals surface area contributed by atoms with E-state index in [1.807, 2.05) is 0 Å². The molecule has 150 valence electrons. The number of nitro benzene ring substituents is 1. The summed E-state index contributed by atoms with van der Waals surface area (Å²) in [5.41, 5.74) is 0.0121. The summed E-state index contributed by atoms with van der Waals surface area (Å²) in [5, 5.41) is 13.6. The number of nitrogens with one attached hydrogen (secondary N) is 1. The van der Waals surface area contributed by atoms with Gasteiger partial charge in [0, 0.05) is 19.2 Å². The molecule has 2 rings (SSSR count). The van der Waals surface area contributed by atoms with Gasteiger partial charge in [0.1, 0.15) is 0 Å². The van der Waals surface area contributed by atoms with Crippen LogP contribution in [0.15, 0.2) is 48.5 Å². The summed E-state index contributed by atoms with van der Waals surface area (Å²) >= 11 is 0. The molecule has 0 saturated heterocycles. The molecule has 6 nitrogen and oxygen atoms in total. The second-order valence-corrected chi connectivity index (χ2v) is 6.43. The van der Waals surface area contributed by atoms with Crippen LogP contribution in [0.2, 0.25) is 0 Å². The van der Waals surface area contributed by atoms with Crippen molar-refractivity contribution in [2.45, 2.75) is 32.1 Å². The van der Waals surface area contributed by atoms with E-state index < -0.39 is 34.8 Å². The number of hydrogen-bond acceptors (Lipinski definition) is 3. The van der Waals surface area contributed by atoms with Gasteiger partial charge in [-0.1, -0.05) is 24.3 Å². The van der Waals surface area contributed by atoms with Gasteiger partial charge < -0.3 is 10.2 Å². The average Bonchev–Trinajstić information content (AvgIpc) is 2.66. The van der Waals surface area contributed by atoms with E-state index in [9.17, 15) is 28.1 Å². The van der Waals surface area contributed by atoms with Gasteiger partial charge in [0.2, 0.25) is 0 Å². The molecule has 2 aromatic rings. The van der Waals surface area contributed by atoms with Crippen molar-refractivity contribution in [3.63, 3.8) is 0 Å². The molecule has 28 heavy (non-hydrogen) atoms. The van der Waals surface area contributed by atoms with E-state index in [1.54, 1.807) is 19.9 Å². The van der Waals surface area contributed by atoms with Gasteiger partial charge in [-0.15, -0.1) is 0 Å². The molecule has 0 aliphatic rings. The van der Waals surface area contributed by atoms with Gasteiger partial charge in [-0.05, 0) is 37.1 Å². The van der Waals surface area contributed by atoms with Crippen LogP contribution in [-0.4, -0.2) is 22.9 Å². The zero-order valence-corrected chi connectivity index (χ0v) is 15.5. The normalized spacial score (nSPS) is 13.5. The molecular formula is C19H20F3N3O3. The quantitative estimate of drug-likeness (QED) is 0.567. The summed E-state index contributed by atoms with van der Waals surface area (Å²) in [4.78, 5) is 24.2. The van der Waals surface area contributed by atoms with Gasteiger partial charge in [0.25, 0.3) is 5.69 Å². The first-order chi connectivity index (χ1) is 13.0. The number of alkyl halides is 3. The Balaban J connectivity index is 2.11. The lowest BCUT2D eigenvalue weighted by atomic mass is 10.0. The molecule has 0 radical (unpaired) electrons. The van der Waals surface area contributed by atoms with Gasteiger partial charge in [-0.25, -0.2) is 4.79 Å². The molecule has 0 heterocycles. The number of urea groups is 1. The second kappa shape index (κ2) is 8.28. The van der Waals surface area contributed by atoms with Crippen molar-refractivity contribution in [2.24, 2.45) is 0 Å². The molecule has 2 aromatic carbocycles. The summed E-state index contributed by atoms with van der Waals surface area (Å²) in [6.07, 6.45) is -4.47. The highest BCUT2D eigenvalue weighted by Crippen LogP contribution is 2.31. The number of nitrogens with zero attached hydrogens (tertiary/aromatic N) is 2. The Morgan fingerprint density at radius 2 is 1.71 bits per heavy atom. The van der Waals surface area contributed by atoms with E-state index in [0.29, 0.717) is 11.1 Å². The van der Waals surface area contributed by atoms with Crippen molar-refractivity contribution < 1.29 is 22.9 Å². The van der Waals surface area contributed by atoms with Crippen LogP contribution in [0.5, 0.6) is 0 Å². The van der Waals surface area contributed by atoms with Gasteiger partial charge in [0.05, 0.1) is 22.6 Å². The fraction of sp³-hybridized carbons (Fsp3) is 0.316. The molecule has 2 atom stereocenters. The van der Waals surface area contributed by atoms with Gasteiger partial charge >= 0.3 is 12.2 Å². The van der Waals surface area contributed by atoms with Crippen LogP contribution >= 0.6 is 0 Å². The van der Waals surface area contributed by atoms with Crippen LogP contribution in [0, 0.1) is 10.1 Å². The molecule has 0 saturated carbocycles. The lowest BCUT2D eigenvalue weighted by Crippen LogP contribution is -2.40. The van der Waals surface area contributed by atoms with Crippen LogP contribution in [0.25, 0.3) is 0 Å². The van der Waals surface area contributed by atoms with E-state index in [1.165, 1.54) is 42.3 Å². The van der Waals surface area contributed by atoms with Crippen molar-refractivity contribution in [1.82, 2.24) is 10.2 Å². The topological polar surface area (TPSA) is 75.5 Å². The molecule has 0 aliphatic heterocycles. The Hall–Kier alpha value is -3.10. The molecule has 2 unspecified atom stereocenters. The maximum absolute atomic E-state index is 12.9. The number of halogens is 3. The standard InChI is InChI=1S/C19H20F3N3O3/c1-12(14-6-4-8-16(10-14)19(20,21)22)23-18(26)24(3)13(2)15-7-5-9-17(11-15)25(27)28/h4-13H,1-3H3,(H,23,26). The SMILES string of the molecule is CC(NC(=O)N(C)C(C)c1cccc([N+](=O)[O-])c1)c1cccc(C(F)(F)F)c1. The van der Waals surface area contributed by atoms with Crippen molar-refractivity contribution >= 4 is 11.7 Å². The number of rotatable bonds is 5.